The van der Waals surface area contributed by atoms with E-state index in [1.807, 2.05) is 7.05 Å². The minimum absolute atomic E-state index is 0.0104. The van der Waals surface area contributed by atoms with Gasteiger partial charge in [0.25, 0.3) is 0 Å². The monoisotopic (exact) mass is 332 g/mol. The molecule has 1 N–H and O–H groups in total. The van der Waals surface area contributed by atoms with Crippen molar-refractivity contribution in [3.8, 4) is 0 Å². The first-order valence-electron chi connectivity index (χ1n) is 7.86. The molecule has 0 saturated heterocycles. The largest absolute Gasteiger partial charge is 0.348 e. The third kappa shape index (κ3) is 4.82. The molecule has 0 radical (unpaired) electrons. The quantitative estimate of drug-likeness (QED) is 0.792. The predicted molar refractivity (Wildman–Crippen MR) is 93.3 cm³/mol. The van der Waals surface area contributed by atoms with E-state index in [-0.39, 0.29) is 11.9 Å². The Labute approximate surface area is 141 Å². The molecule has 0 aliphatic carbocycles. The number of aryl methyl sites for hydroxylation is 2. The highest BCUT2D eigenvalue weighted by Gasteiger charge is 2.18. The van der Waals surface area contributed by atoms with Crippen LogP contribution >= 0.6 is 11.8 Å². The van der Waals surface area contributed by atoms with Crippen LogP contribution in [-0.4, -0.2) is 26.4 Å². The van der Waals surface area contributed by atoms with Crippen molar-refractivity contribution < 1.29 is 4.79 Å². The van der Waals surface area contributed by atoms with Crippen LogP contribution in [0.25, 0.3) is 0 Å². The van der Waals surface area contributed by atoms with E-state index in [2.05, 4.69) is 60.6 Å². The van der Waals surface area contributed by atoms with Crippen molar-refractivity contribution in [1.29, 1.82) is 0 Å². The molecule has 1 heterocycles. The highest BCUT2D eigenvalue weighted by molar-refractivity contribution is 7.99. The SMILES string of the molecule is CCc1ccc([C@H](NC(=O)CSc2nncn2C)C(C)C)cc1. The molecule has 1 amide bonds. The second-order valence-corrected chi connectivity index (χ2v) is 6.84. The number of nitrogens with zero attached hydrogens (tertiary/aromatic N) is 3. The summed E-state index contributed by atoms with van der Waals surface area (Å²) in [7, 11) is 1.87. The Bertz CT molecular complexity index is 636. The summed E-state index contributed by atoms with van der Waals surface area (Å²) in [5.41, 5.74) is 2.45. The predicted octanol–water partition coefficient (Wildman–Crippen LogP) is 2.98. The Balaban J connectivity index is 1.98. The summed E-state index contributed by atoms with van der Waals surface area (Å²) in [6, 6.07) is 8.50. The topological polar surface area (TPSA) is 59.8 Å². The molecule has 0 aliphatic heterocycles. The molecule has 0 aliphatic rings. The molecule has 2 aromatic rings. The third-order valence-electron chi connectivity index (χ3n) is 3.73. The summed E-state index contributed by atoms with van der Waals surface area (Å²) in [6.45, 7) is 6.38. The van der Waals surface area contributed by atoms with Crippen LogP contribution in [0, 0.1) is 5.92 Å². The van der Waals surface area contributed by atoms with Gasteiger partial charge in [0.05, 0.1) is 11.8 Å². The normalized spacial score (nSPS) is 12.4. The lowest BCUT2D eigenvalue weighted by atomic mass is 9.95. The van der Waals surface area contributed by atoms with Gasteiger partial charge in [-0.3, -0.25) is 4.79 Å². The molecular weight excluding hydrogens is 308 g/mol. The number of benzene rings is 1. The van der Waals surface area contributed by atoms with Crippen molar-refractivity contribution in [1.82, 2.24) is 20.1 Å². The standard InChI is InChI=1S/C17H24N4OS/c1-5-13-6-8-14(9-7-13)16(12(2)3)19-15(22)10-23-17-20-18-11-21(17)4/h6-9,11-12,16H,5,10H2,1-4H3,(H,19,22)/t16-/m1/s1. The fraction of sp³-hybridized carbons (Fsp3) is 0.471. The smallest absolute Gasteiger partial charge is 0.230 e. The van der Waals surface area contributed by atoms with Crippen LogP contribution in [0.3, 0.4) is 0 Å². The van der Waals surface area contributed by atoms with Crippen molar-refractivity contribution >= 4 is 17.7 Å². The molecule has 0 spiro atoms. The van der Waals surface area contributed by atoms with Crippen LogP contribution in [0.2, 0.25) is 0 Å². The van der Waals surface area contributed by atoms with E-state index in [0.717, 1.165) is 17.1 Å². The zero-order valence-corrected chi connectivity index (χ0v) is 14.9. The van der Waals surface area contributed by atoms with Crippen molar-refractivity contribution in [2.75, 3.05) is 5.75 Å². The van der Waals surface area contributed by atoms with Gasteiger partial charge in [-0.25, -0.2) is 0 Å². The number of carbonyl (C=O) groups is 1. The van der Waals surface area contributed by atoms with Crippen molar-refractivity contribution in [2.45, 2.75) is 38.4 Å². The van der Waals surface area contributed by atoms with E-state index in [1.165, 1.54) is 17.3 Å². The maximum Gasteiger partial charge on any atom is 0.230 e. The molecule has 0 saturated carbocycles. The summed E-state index contributed by atoms with van der Waals surface area (Å²) < 4.78 is 1.81. The first kappa shape index (κ1) is 17.5. The molecule has 1 atom stereocenters. The van der Waals surface area contributed by atoms with Crippen molar-refractivity contribution in [3.05, 3.63) is 41.7 Å². The van der Waals surface area contributed by atoms with Gasteiger partial charge in [-0.15, -0.1) is 10.2 Å². The number of thioether (sulfide) groups is 1. The number of hydrogen-bond donors (Lipinski definition) is 1. The summed E-state index contributed by atoms with van der Waals surface area (Å²) in [6.07, 6.45) is 2.65. The lowest BCUT2D eigenvalue weighted by Gasteiger charge is -2.23. The minimum atomic E-state index is 0.0104. The number of rotatable bonds is 7. The summed E-state index contributed by atoms with van der Waals surface area (Å²) in [4.78, 5) is 12.3. The van der Waals surface area contributed by atoms with Crippen LogP contribution in [-0.2, 0) is 18.3 Å². The molecule has 23 heavy (non-hydrogen) atoms. The molecule has 5 nitrogen and oxygen atoms in total. The first-order valence-corrected chi connectivity index (χ1v) is 8.84. The average molecular weight is 332 g/mol. The number of amides is 1. The highest BCUT2D eigenvalue weighted by Crippen LogP contribution is 2.23. The first-order chi connectivity index (χ1) is 11.0. The molecule has 0 fully saturated rings. The Morgan fingerprint density at radius 3 is 2.52 bits per heavy atom. The molecule has 6 heteroatoms. The van der Waals surface area contributed by atoms with Crippen molar-refractivity contribution in [3.63, 3.8) is 0 Å². The maximum atomic E-state index is 12.3. The van der Waals surface area contributed by atoms with E-state index in [1.54, 1.807) is 10.9 Å². The second kappa shape index (κ2) is 8.15. The molecule has 1 aromatic carbocycles. The van der Waals surface area contributed by atoms with Crippen LogP contribution < -0.4 is 5.32 Å². The second-order valence-electron chi connectivity index (χ2n) is 5.90. The van der Waals surface area contributed by atoms with Gasteiger partial charge >= 0.3 is 0 Å². The number of hydrogen-bond acceptors (Lipinski definition) is 4. The van der Waals surface area contributed by atoms with Crippen LogP contribution in [0.15, 0.2) is 35.7 Å². The fourth-order valence-electron chi connectivity index (χ4n) is 2.34. The third-order valence-corrected chi connectivity index (χ3v) is 4.77. The Morgan fingerprint density at radius 1 is 1.30 bits per heavy atom. The Hall–Kier alpha value is -1.82. The maximum absolute atomic E-state index is 12.3. The van der Waals surface area contributed by atoms with Gasteiger partial charge in [-0.2, -0.15) is 0 Å². The Kier molecular flexibility index (Phi) is 6.21. The molecular formula is C17H24N4OS. The van der Waals surface area contributed by atoms with Gasteiger partial charge in [0.1, 0.15) is 6.33 Å². The van der Waals surface area contributed by atoms with Crippen LogP contribution in [0.5, 0.6) is 0 Å². The molecule has 124 valence electrons. The van der Waals surface area contributed by atoms with E-state index in [0.29, 0.717) is 11.7 Å². The molecule has 2 rings (SSSR count). The van der Waals surface area contributed by atoms with E-state index >= 15 is 0 Å². The van der Waals surface area contributed by atoms with Gasteiger partial charge in [0, 0.05) is 7.05 Å². The van der Waals surface area contributed by atoms with Crippen LogP contribution in [0.1, 0.15) is 37.9 Å². The molecule has 1 aromatic heterocycles. The number of carbonyl (C=O) groups excluding carboxylic acids is 1. The molecule has 0 unspecified atom stereocenters. The number of aromatic nitrogens is 3. The molecule has 0 bridgehead atoms. The number of nitrogens with one attached hydrogen (secondary N) is 1. The zero-order chi connectivity index (χ0) is 16.8. The summed E-state index contributed by atoms with van der Waals surface area (Å²) >= 11 is 1.39. The van der Waals surface area contributed by atoms with Crippen molar-refractivity contribution in [2.24, 2.45) is 13.0 Å². The van der Waals surface area contributed by atoms with Gasteiger partial charge in [-0.1, -0.05) is 56.8 Å². The van der Waals surface area contributed by atoms with Gasteiger partial charge in [0.2, 0.25) is 5.91 Å². The zero-order valence-electron chi connectivity index (χ0n) is 14.1. The fourth-order valence-corrected chi connectivity index (χ4v) is 3.04. The lowest BCUT2D eigenvalue weighted by molar-refractivity contribution is -0.119. The van der Waals surface area contributed by atoms with Gasteiger partial charge in [-0.05, 0) is 23.5 Å². The summed E-state index contributed by atoms with van der Waals surface area (Å²) in [5.74, 6) is 0.672. The van der Waals surface area contributed by atoms with E-state index < -0.39 is 0 Å². The van der Waals surface area contributed by atoms with Gasteiger partial charge in [0.15, 0.2) is 5.16 Å². The minimum Gasteiger partial charge on any atom is -0.348 e. The van der Waals surface area contributed by atoms with E-state index in [4.69, 9.17) is 0 Å². The van der Waals surface area contributed by atoms with E-state index in [9.17, 15) is 4.79 Å². The summed E-state index contributed by atoms with van der Waals surface area (Å²) in [5, 5.41) is 11.7. The Morgan fingerprint density at radius 2 is 2.00 bits per heavy atom. The highest BCUT2D eigenvalue weighted by atomic mass is 32.2. The average Bonchev–Trinajstić information content (AvgIpc) is 2.95. The van der Waals surface area contributed by atoms with Gasteiger partial charge < -0.3 is 9.88 Å². The lowest BCUT2D eigenvalue weighted by Crippen LogP contribution is -2.33. The van der Waals surface area contributed by atoms with Crippen LogP contribution in [0.4, 0.5) is 0 Å².